The second-order valence-corrected chi connectivity index (χ2v) is 10.5. The molecule has 1 aromatic rings. The fourth-order valence-electron chi connectivity index (χ4n) is 5.92. The van der Waals surface area contributed by atoms with Gasteiger partial charge in [-0.25, -0.2) is 0 Å². The Morgan fingerprint density at radius 2 is 1.92 bits per heavy atom. The third-order valence-electron chi connectivity index (χ3n) is 7.66. The van der Waals surface area contributed by atoms with Crippen LogP contribution in [0.15, 0.2) is 28.7 Å². The monoisotopic (exact) mass is 530 g/mol. The van der Waals surface area contributed by atoms with Crippen molar-refractivity contribution in [2.24, 2.45) is 17.6 Å². The largest absolute Gasteiger partial charge is 0.511 e. The number of amides is 1. The Balaban J connectivity index is 1.74. The lowest BCUT2D eigenvalue weighted by Gasteiger charge is -2.45. The number of likely N-dealkylation sites (N-methyl/N-ethyl adjacent to an activating group) is 1. The summed E-state index contributed by atoms with van der Waals surface area (Å²) in [4.78, 5) is 40.5. The van der Waals surface area contributed by atoms with Gasteiger partial charge in [0, 0.05) is 42.1 Å². The molecule has 0 spiro atoms. The number of fused-ring (bicyclic) bond motifs is 3. The number of phenols is 1. The van der Waals surface area contributed by atoms with E-state index < -0.39 is 52.0 Å². The fraction of sp³-hybridized carbons (Fsp3) is 0.519. The number of aliphatic hydroxyl groups excluding tert-OH is 2. The van der Waals surface area contributed by atoms with Gasteiger partial charge in [-0.3, -0.25) is 19.3 Å². The van der Waals surface area contributed by atoms with Crippen LogP contribution >= 0.6 is 0 Å². The zero-order chi connectivity index (χ0) is 28.1. The third-order valence-corrected chi connectivity index (χ3v) is 7.66. The van der Waals surface area contributed by atoms with Crippen molar-refractivity contribution < 1.29 is 44.3 Å². The Morgan fingerprint density at radius 3 is 2.53 bits per heavy atom. The average molecular weight is 531 g/mol. The number of aromatic hydroxyl groups is 1. The highest BCUT2D eigenvalue weighted by Gasteiger charge is 2.59. The standard InChI is InChI=1S/C27H34N2O9/c1-12(2)38-6-5-29(3)11-14-9-17(30)20-16(23(14)37-4)8-13-7-15-10-18(31)21(26(28)35)25(34)27(15,36)24(33)19(13)22(20)32/h9,12-13,15,30-31,33,36H,5-8,10-11H2,1-4H3,(H2,28,35)/t13?,15-,27-/m0/s1. The normalized spacial score (nSPS) is 25.0. The predicted molar refractivity (Wildman–Crippen MR) is 135 cm³/mol. The molecule has 0 aliphatic heterocycles. The van der Waals surface area contributed by atoms with Gasteiger partial charge in [-0.2, -0.15) is 0 Å². The van der Waals surface area contributed by atoms with Crippen LogP contribution in [0.25, 0.3) is 0 Å². The number of allylic oxidation sites excluding steroid dienone is 2. The molecule has 206 valence electrons. The van der Waals surface area contributed by atoms with E-state index in [4.69, 9.17) is 15.2 Å². The number of hydrogen-bond donors (Lipinski definition) is 5. The van der Waals surface area contributed by atoms with Gasteiger partial charge in [-0.15, -0.1) is 0 Å². The summed E-state index contributed by atoms with van der Waals surface area (Å²) in [6, 6.07) is 1.44. The van der Waals surface area contributed by atoms with Gasteiger partial charge in [0.25, 0.3) is 5.91 Å². The number of methoxy groups -OCH3 is 1. The summed E-state index contributed by atoms with van der Waals surface area (Å²) in [5, 5.41) is 43.7. The van der Waals surface area contributed by atoms with Gasteiger partial charge in [0.2, 0.25) is 5.78 Å². The lowest BCUT2D eigenvalue weighted by molar-refractivity contribution is -0.144. The maximum absolute atomic E-state index is 13.7. The summed E-state index contributed by atoms with van der Waals surface area (Å²) in [6.45, 7) is 5.45. The van der Waals surface area contributed by atoms with Gasteiger partial charge in [0.1, 0.15) is 28.6 Å². The topological polar surface area (TPSA) is 180 Å². The molecule has 4 rings (SSSR count). The first-order valence-corrected chi connectivity index (χ1v) is 12.5. The zero-order valence-corrected chi connectivity index (χ0v) is 21.9. The van der Waals surface area contributed by atoms with Crippen LogP contribution in [0.4, 0.5) is 0 Å². The van der Waals surface area contributed by atoms with Crippen LogP contribution in [0.5, 0.6) is 11.5 Å². The number of carbonyl (C=O) groups excluding carboxylic acids is 3. The maximum Gasteiger partial charge on any atom is 0.255 e. The van der Waals surface area contributed by atoms with Gasteiger partial charge >= 0.3 is 0 Å². The van der Waals surface area contributed by atoms with Gasteiger partial charge in [-0.1, -0.05) is 0 Å². The summed E-state index contributed by atoms with van der Waals surface area (Å²) in [5.74, 6) is -6.17. The summed E-state index contributed by atoms with van der Waals surface area (Å²) in [6.07, 6.45) is 0.0618. The highest BCUT2D eigenvalue weighted by atomic mass is 16.5. The van der Waals surface area contributed by atoms with E-state index >= 15 is 0 Å². The molecule has 0 radical (unpaired) electrons. The Kier molecular flexibility index (Phi) is 7.30. The molecule has 11 heteroatoms. The molecule has 0 saturated heterocycles. The minimum Gasteiger partial charge on any atom is -0.511 e. The van der Waals surface area contributed by atoms with Crippen molar-refractivity contribution in [1.82, 2.24) is 4.90 Å². The Labute approximate surface area is 220 Å². The van der Waals surface area contributed by atoms with Crippen molar-refractivity contribution in [3.05, 3.63) is 45.4 Å². The van der Waals surface area contributed by atoms with Crippen molar-refractivity contribution >= 4 is 17.5 Å². The van der Waals surface area contributed by atoms with Gasteiger partial charge in [0.05, 0.1) is 25.4 Å². The van der Waals surface area contributed by atoms with E-state index in [0.717, 1.165) is 0 Å². The molecule has 1 amide bonds. The molecule has 3 aliphatic rings. The van der Waals surface area contributed by atoms with E-state index in [-0.39, 0.29) is 42.3 Å². The first kappa shape index (κ1) is 27.6. The summed E-state index contributed by atoms with van der Waals surface area (Å²) < 4.78 is 11.3. The number of aliphatic hydroxyl groups is 3. The second kappa shape index (κ2) is 10.0. The van der Waals surface area contributed by atoms with Crippen LogP contribution in [-0.4, -0.2) is 81.8 Å². The number of nitrogens with zero attached hydrogens (tertiary/aromatic N) is 1. The first-order chi connectivity index (χ1) is 17.8. The predicted octanol–water partition coefficient (Wildman–Crippen LogP) is 1.45. The number of Topliss-reactive ketones (excluding diaryl/α,β-unsaturated/α-hetero) is 2. The molecule has 1 aromatic carbocycles. The molecule has 0 heterocycles. The number of nitrogens with two attached hydrogens (primary N) is 1. The molecule has 3 atom stereocenters. The first-order valence-electron chi connectivity index (χ1n) is 12.5. The van der Waals surface area contributed by atoms with Crippen LogP contribution in [0.2, 0.25) is 0 Å². The van der Waals surface area contributed by atoms with Gasteiger partial charge in [-0.05, 0) is 45.7 Å². The van der Waals surface area contributed by atoms with Gasteiger partial charge in [0.15, 0.2) is 11.4 Å². The Bertz CT molecular complexity index is 1270. The minimum atomic E-state index is -2.59. The molecule has 11 nitrogen and oxygen atoms in total. The van der Waals surface area contributed by atoms with E-state index in [2.05, 4.69) is 0 Å². The summed E-state index contributed by atoms with van der Waals surface area (Å²) >= 11 is 0. The highest BCUT2D eigenvalue weighted by Crippen LogP contribution is 2.52. The molecule has 0 aromatic heterocycles. The van der Waals surface area contributed by atoms with Crippen LogP contribution in [0.3, 0.4) is 0 Å². The Morgan fingerprint density at radius 1 is 1.24 bits per heavy atom. The van der Waals surface area contributed by atoms with Crippen LogP contribution < -0.4 is 10.5 Å². The number of hydrogen-bond acceptors (Lipinski definition) is 10. The number of phenolic OH excluding ortho intramolecular Hbond substituents is 1. The van der Waals surface area contributed by atoms with Crippen molar-refractivity contribution in [1.29, 1.82) is 0 Å². The number of benzene rings is 1. The smallest absolute Gasteiger partial charge is 0.255 e. The number of ether oxygens (including phenoxy) is 2. The molecule has 6 N–H and O–H groups in total. The third kappa shape index (κ3) is 4.34. The van der Waals surface area contributed by atoms with E-state index in [1.54, 1.807) is 0 Å². The fourth-order valence-corrected chi connectivity index (χ4v) is 5.92. The number of rotatable bonds is 8. The van der Waals surface area contributed by atoms with Gasteiger partial charge < -0.3 is 35.6 Å². The SMILES string of the molecule is COc1c(CN(C)CCOC(C)C)cc(O)c2c1CC1C[C@H]3CC(O)=C(C(N)=O)C(=O)[C@@]3(O)C(O)=C1C2=O. The maximum atomic E-state index is 13.7. The Hall–Kier alpha value is -3.41. The minimum absolute atomic E-state index is 0.0590. The van der Waals surface area contributed by atoms with E-state index in [1.807, 2.05) is 25.8 Å². The lowest BCUT2D eigenvalue weighted by Crippen LogP contribution is -2.57. The zero-order valence-electron chi connectivity index (χ0n) is 21.9. The number of primary amides is 1. The molecule has 0 bridgehead atoms. The van der Waals surface area contributed by atoms with E-state index in [1.165, 1.54) is 13.2 Å². The van der Waals surface area contributed by atoms with Crippen molar-refractivity contribution in [2.45, 2.75) is 51.4 Å². The molecule has 1 unspecified atom stereocenters. The molecule has 0 saturated carbocycles. The molecular weight excluding hydrogens is 496 g/mol. The van der Waals surface area contributed by atoms with Crippen molar-refractivity contribution in [2.75, 3.05) is 27.3 Å². The average Bonchev–Trinajstić information content (AvgIpc) is 2.81. The van der Waals surface area contributed by atoms with Crippen molar-refractivity contribution in [3.8, 4) is 11.5 Å². The summed E-state index contributed by atoms with van der Waals surface area (Å²) in [7, 11) is 3.37. The van der Waals surface area contributed by atoms with Crippen LogP contribution in [0.1, 0.15) is 48.2 Å². The van der Waals surface area contributed by atoms with Crippen LogP contribution in [0, 0.1) is 11.8 Å². The quantitative estimate of drug-likeness (QED) is 0.309. The molecular formula is C27H34N2O9. The molecule has 38 heavy (non-hydrogen) atoms. The second-order valence-electron chi connectivity index (χ2n) is 10.5. The lowest BCUT2D eigenvalue weighted by atomic mass is 9.60. The number of carbonyl (C=O) groups is 3. The van der Waals surface area contributed by atoms with E-state index in [9.17, 15) is 34.8 Å². The van der Waals surface area contributed by atoms with Crippen LogP contribution in [-0.2, 0) is 27.3 Å². The highest BCUT2D eigenvalue weighted by molar-refractivity contribution is 6.24. The molecule has 0 fully saturated rings. The number of ketones is 2. The van der Waals surface area contributed by atoms with E-state index in [0.29, 0.717) is 36.6 Å². The summed E-state index contributed by atoms with van der Waals surface area (Å²) in [5.41, 5.74) is 2.68. The van der Waals surface area contributed by atoms with Crippen molar-refractivity contribution in [3.63, 3.8) is 0 Å². The molecule has 3 aliphatic carbocycles.